The van der Waals surface area contributed by atoms with Crippen molar-refractivity contribution >= 4 is 17.6 Å². The predicted molar refractivity (Wildman–Crippen MR) is 67.1 cm³/mol. The molecule has 0 spiro atoms. The summed E-state index contributed by atoms with van der Waals surface area (Å²) in [5.74, 6) is 0.361. The van der Waals surface area contributed by atoms with Crippen molar-refractivity contribution in [1.82, 2.24) is 0 Å². The first-order valence-electron chi connectivity index (χ1n) is 5.83. The van der Waals surface area contributed by atoms with Crippen LogP contribution in [0.3, 0.4) is 0 Å². The van der Waals surface area contributed by atoms with Crippen LogP contribution in [-0.4, -0.2) is 26.1 Å². The zero-order valence-corrected chi connectivity index (χ0v) is 11.1. The molecule has 0 aliphatic carbocycles. The van der Waals surface area contributed by atoms with Crippen LogP contribution in [0.5, 0.6) is 11.5 Å². The molecule has 1 aromatic carbocycles. The molecule has 0 fully saturated rings. The van der Waals surface area contributed by atoms with E-state index in [-0.39, 0.29) is 5.91 Å². The molecule has 1 aliphatic rings. The van der Waals surface area contributed by atoms with Crippen LogP contribution in [0, 0.1) is 0 Å². The minimum Gasteiger partial charge on any atom is -0.494 e. The van der Waals surface area contributed by atoms with Gasteiger partial charge in [0.1, 0.15) is 17.2 Å². The van der Waals surface area contributed by atoms with Crippen LogP contribution in [0.1, 0.15) is 18.9 Å². The van der Waals surface area contributed by atoms with E-state index in [0.717, 1.165) is 5.56 Å². The molecule has 2 rings (SSSR count). The maximum Gasteiger partial charge on any atom is 0.308 e. The lowest BCUT2D eigenvalue weighted by Crippen LogP contribution is -2.34. The summed E-state index contributed by atoms with van der Waals surface area (Å²) >= 11 is 0. The van der Waals surface area contributed by atoms with E-state index in [1.165, 1.54) is 26.2 Å². The molecular weight excluding hydrogens is 250 g/mol. The lowest BCUT2D eigenvalue weighted by Gasteiger charge is -2.29. The molecule has 1 heterocycles. The van der Waals surface area contributed by atoms with Gasteiger partial charge in [0.05, 0.1) is 14.2 Å². The van der Waals surface area contributed by atoms with Crippen LogP contribution in [0.2, 0.25) is 0 Å². The number of hydrogen-bond donors (Lipinski definition) is 0. The molecule has 0 radical (unpaired) electrons. The van der Waals surface area contributed by atoms with Crippen LogP contribution in [-0.2, 0) is 20.8 Å². The Labute approximate surface area is 110 Å². The summed E-state index contributed by atoms with van der Waals surface area (Å²) < 4.78 is 10.4. The van der Waals surface area contributed by atoms with Gasteiger partial charge in [-0.2, -0.15) is 5.06 Å². The lowest BCUT2D eigenvalue weighted by atomic mass is 10.0. The molecule has 1 aromatic rings. The summed E-state index contributed by atoms with van der Waals surface area (Å²) in [6.07, 6.45) is 0.774. The fraction of sp³-hybridized carbons (Fsp3) is 0.385. The number of ether oxygens (including phenoxy) is 2. The summed E-state index contributed by atoms with van der Waals surface area (Å²) in [6, 6.07) is 3.30. The molecule has 6 heteroatoms. The Bertz CT molecular complexity index is 526. The smallest absolute Gasteiger partial charge is 0.308 e. The normalized spacial score (nSPS) is 14.1. The van der Waals surface area contributed by atoms with Gasteiger partial charge in [-0.3, -0.25) is 14.4 Å². The second-order valence-electron chi connectivity index (χ2n) is 4.06. The van der Waals surface area contributed by atoms with Gasteiger partial charge >= 0.3 is 5.97 Å². The minimum atomic E-state index is -0.409. The van der Waals surface area contributed by atoms with Crippen LogP contribution in [0.4, 0.5) is 5.69 Å². The van der Waals surface area contributed by atoms with Crippen molar-refractivity contribution in [2.45, 2.75) is 19.8 Å². The van der Waals surface area contributed by atoms with Gasteiger partial charge in [0, 0.05) is 18.9 Å². The van der Waals surface area contributed by atoms with Crippen molar-refractivity contribution in [3.8, 4) is 11.5 Å². The number of fused-ring (bicyclic) bond motifs is 1. The predicted octanol–water partition coefficient (Wildman–Crippen LogP) is 1.46. The van der Waals surface area contributed by atoms with E-state index < -0.39 is 5.97 Å². The number of carbonyl (C=O) groups excluding carboxylic acids is 2. The Morgan fingerprint density at radius 2 is 1.89 bits per heavy atom. The summed E-state index contributed by atoms with van der Waals surface area (Å²) in [5, 5.41) is 1.17. The third-order valence-corrected chi connectivity index (χ3v) is 2.88. The third-order valence-electron chi connectivity index (χ3n) is 2.88. The van der Waals surface area contributed by atoms with Crippen molar-refractivity contribution in [3.63, 3.8) is 0 Å². The first-order valence-corrected chi connectivity index (χ1v) is 5.83. The highest BCUT2D eigenvalue weighted by Gasteiger charge is 2.30. The molecule has 0 saturated heterocycles. The molecular formula is C13H15NO5. The second-order valence-corrected chi connectivity index (χ2v) is 4.06. The number of carbonyl (C=O) groups is 2. The second kappa shape index (κ2) is 5.27. The highest BCUT2D eigenvalue weighted by molar-refractivity contribution is 5.97. The summed E-state index contributed by atoms with van der Waals surface area (Å²) in [4.78, 5) is 28.0. The molecule has 0 atom stereocenters. The van der Waals surface area contributed by atoms with Crippen molar-refractivity contribution in [2.75, 3.05) is 19.3 Å². The van der Waals surface area contributed by atoms with Gasteiger partial charge in [-0.25, -0.2) is 0 Å². The number of benzene rings is 1. The monoisotopic (exact) mass is 265 g/mol. The molecule has 0 saturated carbocycles. The van der Waals surface area contributed by atoms with Gasteiger partial charge in [0.25, 0.3) is 5.91 Å². The van der Waals surface area contributed by atoms with Gasteiger partial charge in [-0.15, -0.1) is 0 Å². The van der Waals surface area contributed by atoms with Crippen molar-refractivity contribution in [2.24, 2.45) is 0 Å². The van der Waals surface area contributed by atoms with E-state index in [1.54, 1.807) is 12.1 Å². The summed E-state index contributed by atoms with van der Waals surface area (Å²) in [7, 11) is 2.92. The Kier molecular flexibility index (Phi) is 3.71. The van der Waals surface area contributed by atoms with E-state index >= 15 is 0 Å². The molecule has 0 bridgehead atoms. The minimum absolute atomic E-state index is 0.159. The molecule has 1 amide bonds. The Hall–Kier alpha value is -2.08. The number of methoxy groups -OCH3 is 1. The van der Waals surface area contributed by atoms with E-state index in [1.807, 2.05) is 0 Å². The molecule has 0 unspecified atom stereocenters. The highest BCUT2D eigenvalue weighted by Crippen LogP contribution is 2.41. The number of hydroxylamine groups is 1. The van der Waals surface area contributed by atoms with Crippen LogP contribution in [0.15, 0.2) is 12.1 Å². The summed E-state index contributed by atoms with van der Waals surface area (Å²) in [6.45, 7) is 1.33. The average Bonchev–Trinajstić information content (AvgIpc) is 2.38. The molecule has 0 aromatic heterocycles. The van der Waals surface area contributed by atoms with E-state index in [9.17, 15) is 9.59 Å². The Balaban J connectivity index is 2.57. The zero-order valence-electron chi connectivity index (χ0n) is 11.1. The van der Waals surface area contributed by atoms with Gasteiger partial charge in [-0.05, 0) is 18.6 Å². The molecule has 0 N–H and O–H groups in total. The van der Waals surface area contributed by atoms with E-state index in [2.05, 4.69) is 0 Å². The molecule has 102 valence electrons. The van der Waals surface area contributed by atoms with Crippen molar-refractivity contribution < 1.29 is 23.9 Å². The molecule has 1 aliphatic heterocycles. The maximum atomic E-state index is 11.8. The number of rotatable bonds is 3. The number of esters is 1. The molecule has 6 nitrogen and oxygen atoms in total. The average molecular weight is 265 g/mol. The maximum absolute atomic E-state index is 11.8. The van der Waals surface area contributed by atoms with Crippen molar-refractivity contribution in [1.29, 1.82) is 0 Å². The van der Waals surface area contributed by atoms with Crippen LogP contribution < -0.4 is 14.5 Å². The lowest BCUT2D eigenvalue weighted by molar-refractivity contribution is -0.131. The first-order chi connectivity index (χ1) is 9.08. The number of hydrogen-bond acceptors (Lipinski definition) is 5. The quantitative estimate of drug-likeness (QED) is 0.611. The Morgan fingerprint density at radius 1 is 1.21 bits per heavy atom. The largest absolute Gasteiger partial charge is 0.494 e. The number of nitrogens with zero attached hydrogens (tertiary/aromatic N) is 1. The van der Waals surface area contributed by atoms with Crippen LogP contribution >= 0.6 is 0 Å². The summed E-state index contributed by atoms with van der Waals surface area (Å²) in [5.41, 5.74) is 1.23. The van der Waals surface area contributed by atoms with Gasteiger partial charge in [-0.1, -0.05) is 0 Å². The Morgan fingerprint density at radius 3 is 2.47 bits per heavy atom. The third kappa shape index (κ3) is 2.39. The first kappa shape index (κ1) is 13.4. The van der Waals surface area contributed by atoms with Gasteiger partial charge < -0.3 is 9.47 Å². The molecule has 19 heavy (non-hydrogen) atoms. The fourth-order valence-corrected chi connectivity index (χ4v) is 2.13. The fourth-order valence-electron chi connectivity index (χ4n) is 2.13. The van der Waals surface area contributed by atoms with Gasteiger partial charge in [0.15, 0.2) is 0 Å². The van der Waals surface area contributed by atoms with E-state index in [0.29, 0.717) is 30.0 Å². The number of amides is 1. The van der Waals surface area contributed by atoms with E-state index in [4.69, 9.17) is 14.3 Å². The van der Waals surface area contributed by atoms with Crippen molar-refractivity contribution in [3.05, 3.63) is 17.7 Å². The standard InChI is InChI=1S/C13H15NO5/c1-8(15)19-10-5-6-11(17-2)13-9(10)4-7-12(16)14(13)18-3/h5-6H,4,7H2,1-3H3. The van der Waals surface area contributed by atoms with Crippen LogP contribution in [0.25, 0.3) is 0 Å². The topological polar surface area (TPSA) is 65.1 Å². The SMILES string of the molecule is COc1ccc(OC(C)=O)c2c1N(OC)C(=O)CC2. The zero-order chi connectivity index (χ0) is 14.0. The van der Waals surface area contributed by atoms with Gasteiger partial charge in [0.2, 0.25) is 0 Å². The number of anilines is 1. The highest BCUT2D eigenvalue weighted by atomic mass is 16.7.